The van der Waals surface area contributed by atoms with Gasteiger partial charge in [-0.2, -0.15) is 5.10 Å². The molecule has 21 heavy (non-hydrogen) atoms. The highest BCUT2D eigenvalue weighted by Gasteiger charge is 2.12. The molecule has 1 atom stereocenters. The Morgan fingerprint density at radius 2 is 2.10 bits per heavy atom. The largest absolute Gasteiger partial charge is 0.486 e. The van der Waals surface area contributed by atoms with Crippen LogP contribution in [0.1, 0.15) is 37.3 Å². The van der Waals surface area contributed by atoms with Gasteiger partial charge in [-0.05, 0) is 24.5 Å². The number of ether oxygens (including phenoxy) is 1. The molecule has 0 spiro atoms. The summed E-state index contributed by atoms with van der Waals surface area (Å²) < 4.78 is 7.52. The zero-order valence-electron chi connectivity index (χ0n) is 12.3. The van der Waals surface area contributed by atoms with Gasteiger partial charge in [0.05, 0.1) is 18.3 Å². The van der Waals surface area contributed by atoms with E-state index in [1.807, 2.05) is 35.1 Å². The molecule has 0 bridgehead atoms. The normalized spacial score (nSPS) is 12.1. The van der Waals surface area contributed by atoms with Gasteiger partial charge in [-0.3, -0.25) is 9.48 Å². The molecule has 112 valence electrons. The van der Waals surface area contributed by atoms with E-state index in [1.165, 1.54) is 0 Å². The Balaban J connectivity index is 1.92. The first kappa shape index (κ1) is 15.1. The molecular weight excluding hydrogens is 268 g/mol. The van der Waals surface area contributed by atoms with Crippen molar-refractivity contribution >= 4 is 5.97 Å². The van der Waals surface area contributed by atoms with E-state index in [-0.39, 0.29) is 0 Å². The van der Waals surface area contributed by atoms with Gasteiger partial charge in [0.15, 0.2) is 5.75 Å². The average molecular weight is 288 g/mol. The smallest absolute Gasteiger partial charge is 0.310 e. The van der Waals surface area contributed by atoms with Gasteiger partial charge >= 0.3 is 5.97 Å². The van der Waals surface area contributed by atoms with Crippen LogP contribution in [0.25, 0.3) is 0 Å². The number of carboxylic acids is 1. The third kappa shape index (κ3) is 4.08. The first-order valence-electron chi connectivity index (χ1n) is 7.07. The fourth-order valence-corrected chi connectivity index (χ4v) is 1.98. The topological polar surface area (TPSA) is 64.3 Å². The zero-order valence-corrected chi connectivity index (χ0v) is 12.3. The van der Waals surface area contributed by atoms with E-state index in [4.69, 9.17) is 9.84 Å². The first-order valence-corrected chi connectivity index (χ1v) is 7.07. The van der Waals surface area contributed by atoms with E-state index in [0.717, 1.165) is 29.8 Å². The highest BCUT2D eigenvalue weighted by atomic mass is 16.5. The number of aryl methyl sites for hydroxylation is 1. The van der Waals surface area contributed by atoms with Crippen molar-refractivity contribution in [2.24, 2.45) is 0 Å². The Bertz CT molecular complexity index is 590. The van der Waals surface area contributed by atoms with Crippen molar-refractivity contribution in [3.63, 3.8) is 0 Å². The van der Waals surface area contributed by atoms with Gasteiger partial charge in [-0.25, -0.2) is 0 Å². The van der Waals surface area contributed by atoms with Crippen LogP contribution in [0.4, 0.5) is 0 Å². The number of hydrogen-bond acceptors (Lipinski definition) is 3. The number of carbonyl (C=O) groups is 1. The third-order valence-electron chi connectivity index (χ3n) is 3.32. The Labute approximate surface area is 124 Å². The van der Waals surface area contributed by atoms with E-state index >= 15 is 0 Å². The molecule has 0 amide bonds. The summed E-state index contributed by atoms with van der Waals surface area (Å²) >= 11 is 0. The minimum absolute atomic E-state index is 0.444. The highest BCUT2D eigenvalue weighted by molar-refractivity contribution is 5.75. The second-order valence-electron chi connectivity index (χ2n) is 5.03. The number of carboxylic acid groups (broad SMARTS) is 1. The third-order valence-corrected chi connectivity index (χ3v) is 3.32. The summed E-state index contributed by atoms with van der Waals surface area (Å²) in [7, 11) is 0. The van der Waals surface area contributed by atoms with E-state index in [9.17, 15) is 4.79 Å². The van der Waals surface area contributed by atoms with Crippen LogP contribution in [-0.4, -0.2) is 20.9 Å². The molecule has 0 saturated heterocycles. The average Bonchev–Trinajstić information content (AvgIpc) is 2.93. The molecule has 1 N–H and O–H groups in total. The molecule has 0 aliphatic rings. The van der Waals surface area contributed by atoms with Crippen molar-refractivity contribution in [3.05, 3.63) is 47.8 Å². The number of nitrogens with zero attached hydrogens (tertiary/aromatic N) is 2. The van der Waals surface area contributed by atoms with Crippen LogP contribution in [0, 0.1) is 0 Å². The monoisotopic (exact) mass is 288 g/mol. The van der Waals surface area contributed by atoms with Gasteiger partial charge in [-0.15, -0.1) is 0 Å². The molecule has 1 heterocycles. The van der Waals surface area contributed by atoms with E-state index < -0.39 is 11.9 Å². The molecule has 0 aliphatic carbocycles. The second kappa shape index (κ2) is 6.92. The molecule has 0 saturated carbocycles. The molecule has 0 aliphatic heterocycles. The van der Waals surface area contributed by atoms with Crippen molar-refractivity contribution in [2.45, 2.75) is 39.3 Å². The zero-order chi connectivity index (χ0) is 15.2. The van der Waals surface area contributed by atoms with Crippen LogP contribution < -0.4 is 4.74 Å². The molecule has 0 radical (unpaired) electrons. The lowest BCUT2D eigenvalue weighted by molar-refractivity contribution is -0.138. The van der Waals surface area contributed by atoms with Crippen LogP contribution in [0.2, 0.25) is 0 Å². The lowest BCUT2D eigenvalue weighted by atomic mass is 10.0. The van der Waals surface area contributed by atoms with E-state index in [0.29, 0.717) is 6.61 Å². The van der Waals surface area contributed by atoms with Crippen molar-refractivity contribution in [1.29, 1.82) is 0 Å². The number of hydrogen-bond donors (Lipinski definition) is 1. The summed E-state index contributed by atoms with van der Waals surface area (Å²) in [6.45, 7) is 5.10. The lowest BCUT2D eigenvalue weighted by Gasteiger charge is -2.08. The van der Waals surface area contributed by atoms with Crippen LogP contribution in [0.5, 0.6) is 5.75 Å². The van der Waals surface area contributed by atoms with Gasteiger partial charge in [0, 0.05) is 6.54 Å². The van der Waals surface area contributed by atoms with Crippen molar-refractivity contribution in [2.75, 3.05) is 0 Å². The number of rotatable bonds is 7. The Morgan fingerprint density at radius 1 is 1.38 bits per heavy atom. The highest BCUT2D eigenvalue weighted by Crippen LogP contribution is 2.17. The van der Waals surface area contributed by atoms with E-state index in [2.05, 4.69) is 12.0 Å². The molecule has 1 aromatic carbocycles. The standard InChI is InChI=1S/C16H20N2O3/c1-3-8-18-10-15(9-17-18)21-11-13-4-6-14(7-5-13)12(2)16(19)20/h4-7,9-10,12H,3,8,11H2,1-2H3,(H,19,20). The number of benzene rings is 1. The Kier molecular flexibility index (Phi) is 4.98. The lowest BCUT2D eigenvalue weighted by Crippen LogP contribution is -2.07. The fraction of sp³-hybridized carbons (Fsp3) is 0.375. The maximum Gasteiger partial charge on any atom is 0.310 e. The van der Waals surface area contributed by atoms with Crippen LogP contribution in [0.3, 0.4) is 0 Å². The Hall–Kier alpha value is -2.30. The maximum atomic E-state index is 10.9. The first-order chi connectivity index (χ1) is 10.1. The molecule has 2 aromatic rings. The van der Waals surface area contributed by atoms with Gasteiger partial charge in [0.2, 0.25) is 0 Å². The van der Waals surface area contributed by atoms with E-state index in [1.54, 1.807) is 13.1 Å². The predicted molar refractivity (Wildman–Crippen MR) is 79.3 cm³/mol. The summed E-state index contributed by atoms with van der Waals surface area (Å²) in [5.74, 6) is -0.569. The summed E-state index contributed by atoms with van der Waals surface area (Å²) in [6.07, 6.45) is 4.62. The summed E-state index contributed by atoms with van der Waals surface area (Å²) in [5, 5.41) is 13.2. The maximum absolute atomic E-state index is 10.9. The molecule has 5 heteroatoms. The van der Waals surface area contributed by atoms with Gasteiger partial charge in [0.1, 0.15) is 6.61 Å². The van der Waals surface area contributed by atoms with Gasteiger partial charge in [0.25, 0.3) is 0 Å². The second-order valence-corrected chi connectivity index (χ2v) is 5.03. The molecule has 0 fully saturated rings. The van der Waals surface area contributed by atoms with Crippen molar-refractivity contribution < 1.29 is 14.6 Å². The minimum Gasteiger partial charge on any atom is -0.486 e. The van der Waals surface area contributed by atoms with Crippen LogP contribution in [-0.2, 0) is 17.9 Å². The van der Waals surface area contributed by atoms with Crippen LogP contribution >= 0.6 is 0 Å². The number of aliphatic carboxylic acids is 1. The summed E-state index contributed by atoms with van der Waals surface area (Å²) in [4.78, 5) is 10.9. The quantitative estimate of drug-likeness (QED) is 0.850. The molecular formula is C16H20N2O3. The SMILES string of the molecule is CCCn1cc(OCc2ccc(C(C)C(=O)O)cc2)cn1. The fourth-order valence-electron chi connectivity index (χ4n) is 1.98. The molecule has 1 unspecified atom stereocenters. The Morgan fingerprint density at radius 3 is 2.71 bits per heavy atom. The molecule has 2 rings (SSSR count). The predicted octanol–water partition coefficient (Wildman–Crippen LogP) is 3.06. The molecule has 1 aromatic heterocycles. The van der Waals surface area contributed by atoms with Crippen molar-refractivity contribution in [3.8, 4) is 5.75 Å². The minimum atomic E-state index is -0.817. The van der Waals surface area contributed by atoms with Crippen LogP contribution in [0.15, 0.2) is 36.7 Å². The van der Waals surface area contributed by atoms with Gasteiger partial charge < -0.3 is 9.84 Å². The molecule has 5 nitrogen and oxygen atoms in total. The summed E-state index contributed by atoms with van der Waals surface area (Å²) in [5.41, 5.74) is 1.79. The summed E-state index contributed by atoms with van der Waals surface area (Å²) in [6, 6.07) is 7.45. The van der Waals surface area contributed by atoms with Crippen molar-refractivity contribution in [1.82, 2.24) is 9.78 Å². The number of aromatic nitrogens is 2. The van der Waals surface area contributed by atoms with Gasteiger partial charge in [-0.1, -0.05) is 31.2 Å².